The predicted octanol–water partition coefficient (Wildman–Crippen LogP) is 2.17. The number of alkyl halides is 1. The second kappa shape index (κ2) is 4.94. The van der Waals surface area contributed by atoms with Crippen molar-refractivity contribution in [1.82, 2.24) is 10.2 Å². The Labute approximate surface area is 105 Å². The highest BCUT2D eigenvalue weighted by molar-refractivity contribution is 5.67. The lowest BCUT2D eigenvalue weighted by Gasteiger charge is -2.47. The molecule has 4 nitrogen and oxygen atoms in total. The first-order chi connectivity index (χ1) is 8.63. The summed E-state index contributed by atoms with van der Waals surface area (Å²) >= 11 is 0. The van der Waals surface area contributed by atoms with Crippen molar-refractivity contribution in [3.05, 3.63) is 35.9 Å². The van der Waals surface area contributed by atoms with Crippen LogP contribution >= 0.6 is 0 Å². The van der Waals surface area contributed by atoms with Gasteiger partial charge in [0, 0.05) is 13.1 Å². The molecule has 0 spiro atoms. The van der Waals surface area contributed by atoms with E-state index in [4.69, 9.17) is 0 Å². The topological polar surface area (TPSA) is 52.6 Å². The monoisotopic (exact) mass is 252 g/mol. The van der Waals surface area contributed by atoms with E-state index in [1.54, 1.807) is 24.3 Å². The lowest BCUT2D eigenvalue weighted by atomic mass is 9.83. The Bertz CT molecular complexity index is 426. The third kappa shape index (κ3) is 1.84. The minimum atomic E-state index is -1.39. The van der Waals surface area contributed by atoms with Crippen molar-refractivity contribution in [2.75, 3.05) is 13.1 Å². The van der Waals surface area contributed by atoms with Gasteiger partial charge in [0.25, 0.3) is 0 Å². The van der Waals surface area contributed by atoms with Crippen LogP contribution < -0.4 is 5.32 Å². The Morgan fingerprint density at radius 2 is 2.22 bits per heavy atom. The van der Waals surface area contributed by atoms with Gasteiger partial charge in [-0.2, -0.15) is 0 Å². The first-order valence-electron chi connectivity index (χ1n) is 6.06. The SMILES string of the molecule is CCC1(c2ccccc2)C(F)NCCN1C(=O)O. The smallest absolute Gasteiger partial charge is 0.408 e. The van der Waals surface area contributed by atoms with Gasteiger partial charge in [-0.25, -0.2) is 9.18 Å². The molecule has 5 heteroatoms. The zero-order chi connectivity index (χ0) is 13.2. The van der Waals surface area contributed by atoms with Crippen LogP contribution in [0.3, 0.4) is 0 Å². The van der Waals surface area contributed by atoms with E-state index < -0.39 is 17.9 Å². The summed E-state index contributed by atoms with van der Waals surface area (Å²) in [5, 5.41) is 12.1. The Morgan fingerprint density at radius 1 is 1.56 bits per heavy atom. The van der Waals surface area contributed by atoms with Crippen LogP contribution in [-0.2, 0) is 5.54 Å². The molecule has 0 radical (unpaired) electrons. The van der Waals surface area contributed by atoms with Crippen molar-refractivity contribution in [1.29, 1.82) is 0 Å². The van der Waals surface area contributed by atoms with Crippen LogP contribution in [0.4, 0.5) is 9.18 Å². The van der Waals surface area contributed by atoms with Crippen molar-refractivity contribution in [3.8, 4) is 0 Å². The average molecular weight is 252 g/mol. The highest BCUT2D eigenvalue weighted by Gasteiger charge is 2.49. The zero-order valence-corrected chi connectivity index (χ0v) is 10.3. The standard InChI is InChI=1S/C13H17FN2O2/c1-2-13(10-6-4-3-5-7-10)11(14)15-8-9-16(13)12(17)18/h3-7,11,15H,2,8-9H2,1H3,(H,17,18). The molecule has 0 bridgehead atoms. The van der Waals surface area contributed by atoms with Crippen LogP contribution in [0.1, 0.15) is 18.9 Å². The van der Waals surface area contributed by atoms with Gasteiger partial charge < -0.3 is 5.11 Å². The van der Waals surface area contributed by atoms with Gasteiger partial charge in [-0.05, 0) is 12.0 Å². The molecule has 1 aromatic rings. The number of hydrogen-bond acceptors (Lipinski definition) is 2. The van der Waals surface area contributed by atoms with Gasteiger partial charge in [-0.15, -0.1) is 0 Å². The minimum absolute atomic E-state index is 0.290. The molecule has 98 valence electrons. The van der Waals surface area contributed by atoms with E-state index in [1.807, 2.05) is 13.0 Å². The summed E-state index contributed by atoms with van der Waals surface area (Å²) in [7, 11) is 0. The second-order valence-electron chi connectivity index (χ2n) is 4.39. The third-order valence-electron chi connectivity index (χ3n) is 3.60. The minimum Gasteiger partial charge on any atom is -0.465 e. The fourth-order valence-electron chi connectivity index (χ4n) is 2.68. The quantitative estimate of drug-likeness (QED) is 0.793. The first-order valence-corrected chi connectivity index (χ1v) is 6.06. The van der Waals surface area contributed by atoms with E-state index in [0.29, 0.717) is 25.1 Å². The van der Waals surface area contributed by atoms with Crippen molar-refractivity contribution >= 4 is 6.09 Å². The van der Waals surface area contributed by atoms with Gasteiger partial charge in [-0.3, -0.25) is 10.2 Å². The number of carbonyl (C=O) groups is 1. The molecule has 2 N–H and O–H groups in total. The van der Waals surface area contributed by atoms with Gasteiger partial charge in [0.15, 0.2) is 6.30 Å². The number of carboxylic acid groups (broad SMARTS) is 1. The molecular formula is C13H17FN2O2. The maximum atomic E-state index is 14.4. The van der Waals surface area contributed by atoms with Gasteiger partial charge in [0.1, 0.15) is 5.54 Å². The summed E-state index contributed by atoms with van der Waals surface area (Å²) in [6.07, 6.45) is -2.09. The summed E-state index contributed by atoms with van der Waals surface area (Å²) in [5.41, 5.74) is -0.444. The molecule has 1 aliphatic heterocycles. The highest BCUT2D eigenvalue weighted by atomic mass is 19.1. The molecule has 1 fully saturated rings. The molecule has 18 heavy (non-hydrogen) atoms. The van der Waals surface area contributed by atoms with E-state index >= 15 is 0 Å². The summed E-state index contributed by atoms with van der Waals surface area (Å²) < 4.78 is 14.4. The number of halogens is 1. The van der Waals surface area contributed by atoms with Gasteiger partial charge >= 0.3 is 6.09 Å². The first kappa shape index (κ1) is 12.8. The third-order valence-corrected chi connectivity index (χ3v) is 3.60. The normalized spacial score (nSPS) is 28.1. The molecular weight excluding hydrogens is 235 g/mol. The molecule has 1 amide bonds. The number of hydrogen-bond donors (Lipinski definition) is 2. The Hall–Kier alpha value is -1.62. The molecule has 0 aromatic heterocycles. The maximum Gasteiger partial charge on any atom is 0.408 e. The van der Waals surface area contributed by atoms with Crippen molar-refractivity contribution < 1.29 is 14.3 Å². The van der Waals surface area contributed by atoms with Crippen LogP contribution in [0.15, 0.2) is 30.3 Å². The molecule has 2 unspecified atom stereocenters. The fourth-order valence-corrected chi connectivity index (χ4v) is 2.68. The largest absolute Gasteiger partial charge is 0.465 e. The van der Waals surface area contributed by atoms with Crippen molar-refractivity contribution in [3.63, 3.8) is 0 Å². The van der Waals surface area contributed by atoms with Crippen molar-refractivity contribution in [2.45, 2.75) is 25.2 Å². The Morgan fingerprint density at radius 3 is 2.78 bits per heavy atom. The number of nitrogens with one attached hydrogen (secondary N) is 1. The Kier molecular flexibility index (Phi) is 3.52. The van der Waals surface area contributed by atoms with E-state index in [1.165, 1.54) is 4.90 Å². The molecule has 1 saturated heterocycles. The fraction of sp³-hybridized carbons (Fsp3) is 0.462. The van der Waals surface area contributed by atoms with Gasteiger partial charge in [0.2, 0.25) is 0 Å². The number of rotatable bonds is 2. The van der Waals surface area contributed by atoms with Crippen LogP contribution in [0.5, 0.6) is 0 Å². The van der Waals surface area contributed by atoms with Crippen LogP contribution in [0, 0.1) is 0 Å². The van der Waals surface area contributed by atoms with E-state index in [0.717, 1.165) is 0 Å². The molecule has 1 aromatic carbocycles. The molecule has 0 aliphatic carbocycles. The molecule has 2 rings (SSSR count). The van der Waals surface area contributed by atoms with Crippen molar-refractivity contribution in [2.24, 2.45) is 0 Å². The van der Waals surface area contributed by atoms with Gasteiger partial charge in [0.05, 0.1) is 0 Å². The number of piperazine rings is 1. The van der Waals surface area contributed by atoms with E-state index in [9.17, 15) is 14.3 Å². The Balaban J connectivity index is 2.52. The highest BCUT2D eigenvalue weighted by Crippen LogP contribution is 2.38. The number of nitrogens with zero attached hydrogens (tertiary/aromatic N) is 1. The van der Waals surface area contributed by atoms with E-state index in [-0.39, 0.29) is 0 Å². The van der Waals surface area contributed by atoms with Crippen LogP contribution in [-0.4, -0.2) is 35.5 Å². The zero-order valence-electron chi connectivity index (χ0n) is 10.3. The lowest BCUT2D eigenvalue weighted by Crippen LogP contribution is -2.64. The summed E-state index contributed by atoms with van der Waals surface area (Å²) in [5.74, 6) is 0. The van der Waals surface area contributed by atoms with E-state index in [2.05, 4.69) is 5.32 Å². The second-order valence-corrected chi connectivity index (χ2v) is 4.39. The average Bonchev–Trinajstić information content (AvgIpc) is 2.39. The number of benzene rings is 1. The lowest BCUT2D eigenvalue weighted by molar-refractivity contribution is -0.0284. The predicted molar refractivity (Wildman–Crippen MR) is 66.0 cm³/mol. The molecule has 2 atom stereocenters. The van der Waals surface area contributed by atoms with Crippen LogP contribution in [0.2, 0.25) is 0 Å². The molecule has 1 aliphatic rings. The van der Waals surface area contributed by atoms with Crippen LogP contribution in [0.25, 0.3) is 0 Å². The summed E-state index contributed by atoms with van der Waals surface area (Å²) in [6.45, 7) is 2.43. The van der Waals surface area contributed by atoms with Gasteiger partial charge in [-0.1, -0.05) is 37.3 Å². The maximum absolute atomic E-state index is 14.4. The molecule has 0 saturated carbocycles. The molecule has 1 heterocycles. The summed E-state index contributed by atoms with van der Waals surface area (Å²) in [6, 6.07) is 8.99. The summed E-state index contributed by atoms with van der Waals surface area (Å²) in [4.78, 5) is 12.6. The number of amides is 1.